The van der Waals surface area contributed by atoms with E-state index in [1.54, 1.807) is 0 Å². The molecule has 1 fully saturated rings. The van der Waals surface area contributed by atoms with Gasteiger partial charge in [-0.1, -0.05) is 0 Å². The standard InChI is InChI=1S/C14H22N2O3S/c1-15(2)9-11-13-14(19-8-7-18-13)12(20-11)10-16-3-5-17-6-4-16/h3-10H2,1-2H3. The summed E-state index contributed by atoms with van der Waals surface area (Å²) in [6, 6.07) is 0. The summed E-state index contributed by atoms with van der Waals surface area (Å²) in [6.45, 7) is 6.80. The lowest BCUT2D eigenvalue weighted by Gasteiger charge is -2.26. The quantitative estimate of drug-likeness (QED) is 0.840. The van der Waals surface area contributed by atoms with Crippen LogP contribution in [0.15, 0.2) is 0 Å². The van der Waals surface area contributed by atoms with Crippen LogP contribution in [0.4, 0.5) is 0 Å². The Hall–Kier alpha value is -0.820. The van der Waals surface area contributed by atoms with Crippen LogP contribution in [0.5, 0.6) is 11.5 Å². The maximum absolute atomic E-state index is 5.87. The van der Waals surface area contributed by atoms with Crippen molar-refractivity contribution in [2.75, 3.05) is 53.6 Å². The fourth-order valence-corrected chi connectivity index (χ4v) is 3.89. The van der Waals surface area contributed by atoms with Crippen LogP contribution in [-0.4, -0.2) is 63.4 Å². The average molecular weight is 298 g/mol. The van der Waals surface area contributed by atoms with Crippen LogP contribution in [-0.2, 0) is 17.8 Å². The number of hydrogen-bond donors (Lipinski definition) is 0. The van der Waals surface area contributed by atoms with Gasteiger partial charge in [-0.25, -0.2) is 0 Å². The van der Waals surface area contributed by atoms with Crippen LogP contribution in [0.25, 0.3) is 0 Å². The van der Waals surface area contributed by atoms with Crippen molar-refractivity contribution in [2.24, 2.45) is 0 Å². The number of fused-ring (bicyclic) bond motifs is 1. The molecule has 0 bridgehead atoms. The van der Waals surface area contributed by atoms with Gasteiger partial charge < -0.3 is 19.1 Å². The zero-order valence-electron chi connectivity index (χ0n) is 12.2. The second-order valence-electron chi connectivity index (χ2n) is 5.43. The van der Waals surface area contributed by atoms with Crippen molar-refractivity contribution in [3.8, 4) is 11.5 Å². The third-order valence-electron chi connectivity index (χ3n) is 3.47. The highest BCUT2D eigenvalue weighted by Crippen LogP contribution is 2.45. The fourth-order valence-electron chi connectivity index (χ4n) is 2.53. The third-order valence-corrected chi connectivity index (χ3v) is 4.59. The second-order valence-corrected chi connectivity index (χ2v) is 6.62. The highest BCUT2D eigenvalue weighted by atomic mass is 32.1. The Labute approximate surface area is 124 Å². The van der Waals surface area contributed by atoms with Crippen molar-refractivity contribution in [1.82, 2.24) is 9.80 Å². The molecule has 5 nitrogen and oxygen atoms in total. The van der Waals surface area contributed by atoms with Crippen molar-refractivity contribution >= 4 is 11.3 Å². The molecule has 0 N–H and O–H groups in total. The molecule has 3 heterocycles. The molecule has 1 aromatic heterocycles. The molecule has 3 rings (SSSR count). The van der Waals surface area contributed by atoms with Gasteiger partial charge in [0.25, 0.3) is 0 Å². The number of morpholine rings is 1. The van der Waals surface area contributed by atoms with Crippen molar-refractivity contribution < 1.29 is 14.2 Å². The molecule has 0 saturated carbocycles. The van der Waals surface area contributed by atoms with Crippen LogP contribution < -0.4 is 9.47 Å². The van der Waals surface area contributed by atoms with E-state index in [2.05, 4.69) is 23.9 Å². The van der Waals surface area contributed by atoms with Crippen molar-refractivity contribution in [3.05, 3.63) is 9.75 Å². The van der Waals surface area contributed by atoms with Crippen molar-refractivity contribution in [1.29, 1.82) is 0 Å². The Balaban J connectivity index is 1.80. The van der Waals surface area contributed by atoms with Gasteiger partial charge in [-0.2, -0.15) is 0 Å². The molecule has 0 unspecified atom stereocenters. The maximum atomic E-state index is 5.87. The molecule has 0 amide bonds. The first-order chi connectivity index (χ1) is 9.74. The van der Waals surface area contributed by atoms with Gasteiger partial charge in [-0.05, 0) is 14.1 Å². The number of nitrogens with zero attached hydrogens (tertiary/aromatic N) is 2. The van der Waals surface area contributed by atoms with Crippen LogP contribution in [0.2, 0.25) is 0 Å². The molecule has 0 aromatic carbocycles. The molecular weight excluding hydrogens is 276 g/mol. The SMILES string of the molecule is CN(C)Cc1sc(CN2CCOCC2)c2c1OCCO2. The van der Waals surface area contributed by atoms with Crippen LogP contribution in [0, 0.1) is 0 Å². The summed E-state index contributed by atoms with van der Waals surface area (Å²) in [4.78, 5) is 7.15. The summed E-state index contributed by atoms with van der Waals surface area (Å²) in [5, 5.41) is 0. The molecule has 0 spiro atoms. The van der Waals surface area contributed by atoms with Crippen LogP contribution >= 0.6 is 11.3 Å². The Morgan fingerprint density at radius 3 is 2.30 bits per heavy atom. The third kappa shape index (κ3) is 3.09. The molecule has 0 atom stereocenters. The Bertz CT molecular complexity index is 456. The van der Waals surface area contributed by atoms with E-state index in [4.69, 9.17) is 14.2 Å². The molecule has 112 valence electrons. The summed E-state index contributed by atoms with van der Waals surface area (Å²) in [5.41, 5.74) is 0. The Morgan fingerprint density at radius 1 is 1.00 bits per heavy atom. The topological polar surface area (TPSA) is 34.2 Å². The first-order valence-electron chi connectivity index (χ1n) is 7.09. The molecule has 2 aliphatic rings. The summed E-state index contributed by atoms with van der Waals surface area (Å²) in [6.07, 6.45) is 0. The van der Waals surface area contributed by atoms with E-state index in [-0.39, 0.29) is 0 Å². The molecular formula is C14H22N2O3S. The van der Waals surface area contributed by atoms with E-state index >= 15 is 0 Å². The number of ether oxygens (including phenoxy) is 3. The smallest absolute Gasteiger partial charge is 0.176 e. The molecule has 1 saturated heterocycles. The maximum Gasteiger partial charge on any atom is 0.176 e. The summed E-state index contributed by atoms with van der Waals surface area (Å²) < 4.78 is 17.1. The van der Waals surface area contributed by atoms with E-state index in [0.29, 0.717) is 13.2 Å². The van der Waals surface area contributed by atoms with E-state index in [1.807, 2.05) is 11.3 Å². The van der Waals surface area contributed by atoms with Gasteiger partial charge in [0, 0.05) is 26.2 Å². The lowest BCUT2D eigenvalue weighted by molar-refractivity contribution is 0.0340. The Kier molecular flexibility index (Phi) is 4.45. The van der Waals surface area contributed by atoms with E-state index in [9.17, 15) is 0 Å². The van der Waals surface area contributed by atoms with Crippen molar-refractivity contribution in [2.45, 2.75) is 13.1 Å². The highest BCUT2D eigenvalue weighted by molar-refractivity contribution is 7.12. The first kappa shape index (κ1) is 14.1. The van der Waals surface area contributed by atoms with Gasteiger partial charge in [0.15, 0.2) is 11.5 Å². The predicted molar refractivity (Wildman–Crippen MR) is 78.8 cm³/mol. The molecule has 0 radical (unpaired) electrons. The minimum Gasteiger partial charge on any atom is -0.485 e. The number of hydrogen-bond acceptors (Lipinski definition) is 6. The zero-order valence-corrected chi connectivity index (χ0v) is 13.0. The van der Waals surface area contributed by atoms with E-state index < -0.39 is 0 Å². The average Bonchev–Trinajstić information content (AvgIpc) is 2.78. The first-order valence-corrected chi connectivity index (χ1v) is 7.90. The van der Waals surface area contributed by atoms with Gasteiger partial charge in [0.05, 0.1) is 23.0 Å². The Morgan fingerprint density at radius 2 is 1.65 bits per heavy atom. The summed E-state index contributed by atoms with van der Waals surface area (Å²) >= 11 is 1.82. The minimum atomic E-state index is 0.654. The van der Waals surface area contributed by atoms with E-state index in [1.165, 1.54) is 9.75 Å². The zero-order chi connectivity index (χ0) is 13.9. The minimum absolute atomic E-state index is 0.654. The predicted octanol–water partition coefficient (Wildman–Crippen LogP) is 1.41. The van der Waals surface area contributed by atoms with Gasteiger partial charge in [-0.15, -0.1) is 11.3 Å². The number of thiophene rings is 1. The van der Waals surface area contributed by atoms with E-state index in [0.717, 1.165) is 50.9 Å². The molecule has 1 aromatic rings. The van der Waals surface area contributed by atoms with Gasteiger partial charge in [0.1, 0.15) is 13.2 Å². The lowest BCUT2D eigenvalue weighted by atomic mass is 10.3. The molecule has 20 heavy (non-hydrogen) atoms. The van der Waals surface area contributed by atoms with Crippen LogP contribution in [0.3, 0.4) is 0 Å². The van der Waals surface area contributed by atoms with Gasteiger partial charge in [0.2, 0.25) is 0 Å². The lowest BCUT2D eigenvalue weighted by Crippen LogP contribution is -2.35. The molecule has 2 aliphatic heterocycles. The summed E-state index contributed by atoms with van der Waals surface area (Å²) in [5.74, 6) is 1.95. The number of rotatable bonds is 4. The van der Waals surface area contributed by atoms with Gasteiger partial charge in [-0.3, -0.25) is 4.90 Å². The normalized spacial score (nSPS) is 19.6. The molecule has 0 aliphatic carbocycles. The van der Waals surface area contributed by atoms with Gasteiger partial charge >= 0.3 is 0 Å². The second kappa shape index (κ2) is 6.30. The molecule has 6 heteroatoms. The fraction of sp³-hybridized carbons (Fsp3) is 0.714. The monoisotopic (exact) mass is 298 g/mol. The largest absolute Gasteiger partial charge is 0.485 e. The van der Waals surface area contributed by atoms with Crippen LogP contribution in [0.1, 0.15) is 9.75 Å². The highest BCUT2D eigenvalue weighted by Gasteiger charge is 2.26. The summed E-state index contributed by atoms with van der Waals surface area (Å²) in [7, 11) is 4.16. The van der Waals surface area contributed by atoms with Crippen molar-refractivity contribution in [3.63, 3.8) is 0 Å².